The van der Waals surface area contributed by atoms with Crippen LogP contribution in [0.4, 0.5) is 17.2 Å². The van der Waals surface area contributed by atoms with E-state index in [4.69, 9.17) is 4.42 Å². The monoisotopic (exact) mass is 366 g/mol. The first-order valence-corrected chi connectivity index (χ1v) is 9.22. The summed E-state index contributed by atoms with van der Waals surface area (Å²) in [5, 5.41) is 14.9. The van der Waals surface area contributed by atoms with Crippen molar-refractivity contribution in [3.63, 3.8) is 0 Å². The van der Waals surface area contributed by atoms with E-state index in [9.17, 15) is 10.1 Å². The number of rotatable bonds is 6. The minimum Gasteiger partial charge on any atom is -0.461 e. The third-order valence-corrected chi connectivity index (χ3v) is 5.13. The molecule has 1 aliphatic heterocycles. The molecule has 0 spiro atoms. The van der Waals surface area contributed by atoms with Crippen LogP contribution in [0, 0.1) is 10.1 Å². The van der Waals surface area contributed by atoms with Gasteiger partial charge in [0, 0.05) is 36.1 Å². The highest BCUT2D eigenvalue weighted by atomic mass is 16.6. The smallest absolute Gasteiger partial charge is 0.287 e. The summed E-state index contributed by atoms with van der Waals surface area (Å²) in [6, 6.07) is 11.6. The van der Waals surface area contributed by atoms with Gasteiger partial charge in [0.25, 0.3) is 5.69 Å². The summed E-state index contributed by atoms with van der Waals surface area (Å²) in [5.74, 6) is 1.56. The average molecular weight is 366 g/mol. The standard InChI is InChI=1S/C20H22N4O3/c1-14-3-2-9-23(14)10-8-18-12-15-11-16(4-6-19(15)27-18)22-20-7-5-17(13-21-20)24(25)26/h4-7,11-14H,2-3,8-10H2,1H3,(H,21,22)/t14-/m1/s1. The lowest BCUT2D eigenvalue weighted by molar-refractivity contribution is -0.385. The third kappa shape index (κ3) is 3.93. The number of hydrogen-bond acceptors (Lipinski definition) is 6. The van der Waals surface area contributed by atoms with Crippen LogP contribution >= 0.6 is 0 Å². The van der Waals surface area contributed by atoms with Gasteiger partial charge in [-0.2, -0.15) is 0 Å². The van der Waals surface area contributed by atoms with Crippen LogP contribution in [0.15, 0.2) is 47.0 Å². The highest BCUT2D eigenvalue weighted by molar-refractivity contribution is 5.82. The SMILES string of the molecule is C[C@@H]1CCCN1CCc1cc2cc(Nc3ccc([N+](=O)[O-])cn3)ccc2o1. The fraction of sp³-hybridized carbons (Fsp3) is 0.350. The van der Waals surface area contributed by atoms with E-state index in [1.807, 2.05) is 18.2 Å². The summed E-state index contributed by atoms with van der Waals surface area (Å²) in [7, 11) is 0. The van der Waals surface area contributed by atoms with E-state index in [0.29, 0.717) is 11.9 Å². The molecule has 3 heterocycles. The highest BCUT2D eigenvalue weighted by Gasteiger charge is 2.20. The topological polar surface area (TPSA) is 84.4 Å². The Morgan fingerprint density at radius 2 is 2.22 bits per heavy atom. The van der Waals surface area contributed by atoms with Gasteiger partial charge in [-0.05, 0) is 56.6 Å². The van der Waals surface area contributed by atoms with E-state index in [2.05, 4.69) is 28.2 Å². The van der Waals surface area contributed by atoms with Crippen molar-refractivity contribution in [3.05, 3.63) is 58.5 Å². The molecule has 1 atom stereocenters. The van der Waals surface area contributed by atoms with Crippen molar-refractivity contribution in [1.82, 2.24) is 9.88 Å². The van der Waals surface area contributed by atoms with Crippen molar-refractivity contribution in [3.8, 4) is 0 Å². The van der Waals surface area contributed by atoms with Crippen LogP contribution in [-0.2, 0) is 6.42 Å². The number of nitro groups is 1. The number of benzene rings is 1. The van der Waals surface area contributed by atoms with Crippen molar-refractivity contribution in [1.29, 1.82) is 0 Å². The molecule has 1 saturated heterocycles. The molecule has 4 rings (SSSR count). The number of hydrogen-bond donors (Lipinski definition) is 1. The van der Waals surface area contributed by atoms with Crippen LogP contribution in [-0.4, -0.2) is 33.9 Å². The third-order valence-electron chi connectivity index (χ3n) is 5.13. The van der Waals surface area contributed by atoms with Gasteiger partial charge >= 0.3 is 0 Å². The molecule has 0 saturated carbocycles. The summed E-state index contributed by atoms with van der Waals surface area (Å²) >= 11 is 0. The lowest BCUT2D eigenvalue weighted by Crippen LogP contribution is -2.28. The molecule has 2 aromatic heterocycles. The Morgan fingerprint density at radius 3 is 2.93 bits per heavy atom. The number of furan rings is 1. The fourth-order valence-corrected chi connectivity index (χ4v) is 3.59. The molecular weight excluding hydrogens is 344 g/mol. The van der Waals surface area contributed by atoms with Crippen molar-refractivity contribution >= 4 is 28.2 Å². The summed E-state index contributed by atoms with van der Waals surface area (Å²) in [4.78, 5) is 16.8. The molecule has 1 N–H and O–H groups in total. The van der Waals surface area contributed by atoms with Crippen molar-refractivity contribution < 1.29 is 9.34 Å². The Bertz CT molecular complexity index is 952. The van der Waals surface area contributed by atoms with E-state index >= 15 is 0 Å². The first-order chi connectivity index (χ1) is 13.1. The van der Waals surface area contributed by atoms with Crippen LogP contribution in [0.25, 0.3) is 11.0 Å². The van der Waals surface area contributed by atoms with Gasteiger partial charge in [0.05, 0.1) is 4.92 Å². The maximum atomic E-state index is 10.7. The van der Waals surface area contributed by atoms with Gasteiger partial charge < -0.3 is 14.6 Å². The second kappa shape index (κ2) is 7.36. The van der Waals surface area contributed by atoms with E-state index in [1.54, 1.807) is 6.07 Å². The predicted octanol–water partition coefficient (Wildman–Crippen LogP) is 4.51. The second-order valence-electron chi connectivity index (χ2n) is 7.03. The molecule has 140 valence electrons. The van der Waals surface area contributed by atoms with Crippen molar-refractivity contribution in [2.24, 2.45) is 0 Å². The molecule has 0 aliphatic carbocycles. The number of fused-ring (bicyclic) bond motifs is 1. The Balaban J connectivity index is 1.44. The summed E-state index contributed by atoms with van der Waals surface area (Å²) in [6.45, 7) is 4.49. The second-order valence-corrected chi connectivity index (χ2v) is 7.03. The van der Waals surface area contributed by atoms with Gasteiger partial charge in [0.1, 0.15) is 23.4 Å². The van der Waals surface area contributed by atoms with Crippen LogP contribution in [0.2, 0.25) is 0 Å². The molecule has 7 nitrogen and oxygen atoms in total. The number of pyridine rings is 1. The zero-order valence-corrected chi connectivity index (χ0v) is 15.2. The van der Waals surface area contributed by atoms with E-state index in [1.165, 1.54) is 31.6 Å². The lowest BCUT2D eigenvalue weighted by atomic mass is 10.2. The zero-order chi connectivity index (χ0) is 18.8. The van der Waals surface area contributed by atoms with Gasteiger partial charge in [0.2, 0.25) is 0 Å². The summed E-state index contributed by atoms with van der Waals surface area (Å²) in [6.07, 6.45) is 4.72. The first kappa shape index (κ1) is 17.5. The van der Waals surface area contributed by atoms with E-state index < -0.39 is 4.92 Å². The van der Waals surface area contributed by atoms with Gasteiger partial charge in [-0.1, -0.05) is 0 Å². The minimum absolute atomic E-state index is 0.0252. The van der Waals surface area contributed by atoms with Gasteiger partial charge in [-0.15, -0.1) is 0 Å². The zero-order valence-electron chi connectivity index (χ0n) is 15.2. The molecule has 1 fully saturated rings. The quantitative estimate of drug-likeness (QED) is 0.510. The Labute approximate surface area is 157 Å². The maximum Gasteiger partial charge on any atom is 0.287 e. The molecule has 1 aliphatic rings. The average Bonchev–Trinajstić information content (AvgIpc) is 3.25. The Kier molecular flexibility index (Phi) is 4.77. The molecule has 0 amide bonds. The summed E-state index contributed by atoms with van der Waals surface area (Å²) < 4.78 is 5.97. The van der Waals surface area contributed by atoms with Crippen LogP contribution < -0.4 is 5.32 Å². The predicted molar refractivity (Wildman–Crippen MR) is 104 cm³/mol. The molecule has 0 bridgehead atoms. The van der Waals surface area contributed by atoms with Crippen LogP contribution in [0.1, 0.15) is 25.5 Å². The van der Waals surface area contributed by atoms with Crippen LogP contribution in [0.5, 0.6) is 0 Å². The molecular formula is C20H22N4O3. The van der Waals surface area contributed by atoms with Gasteiger partial charge in [-0.25, -0.2) is 4.98 Å². The highest BCUT2D eigenvalue weighted by Crippen LogP contribution is 2.26. The van der Waals surface area contributed by atoms with Gasteiger partial charge in [-0.3, -0.25) is 10.1 Å². The maximum absolute atomic E-state index is 10.7. The van der Waals surface area contributed by atoms with Crippen LogP contribution in [0.3, 0.4) is 0 Å². The molecule has 0 radical (unpaired) electrons. The number of anilines is 2. The number of nitrogens with zero attached hydrogens (tertiary/aromatic N) is 3. The fourth-order valence-electron chi connectivity index (χ4n) is 3.59. The largest absolute Gasteiger partial charge is 0.461 e. The Morgan fingerprint density at radius 1 is 1.33 bits per heavy atom. The van der Waals surface area contributed by atoms with Gasteiger partial charge in [0.15, 0.2) is 0 Å². The number of aromatic nitrogens is 1. The molecule has 0 unspecified atom stereocenters. The molecule has 7 heteroatoms. The lowest BCUT2D eigenvalue weighted by Gasteiger charge is -2.19. The van der Waals surface area contributed by atoms with E-state index in [0.717, 1.165) is 35.4 Å². The summed E-state index contributed by atoms with van der Waals surface area (Å²) in [5.41, 5.74) is 1.70. The first-order valence-electron chi connectivity index (χ1n) is 9.22. The number of nitrogens with one attached hydrogen (secondary N) is 1. The van der Waals surface area contributed by atoms with Crippen molar-refractivity contribution in [2.45, 2.75) is 32.2 Å². The number of likely N-dealkylation sites (tertiary alicyclic amines) is 1. The molecule has 1 aromatic carbocycles. The minimum atomic E-state index is -0.460. The van der Waals surface area contributed by atoms with E-state index in [-0.39, 0.29) is 5.69 Å². The normalized spacial score (nSPS) is 17.4. The molecule has 3 aromatic rings. The Hall–Kier alpha value is -2.93. The molecule has 27 heavy (non-hydrogen) atoms. The van der Waals surface area contributed by atoms with Crippen molar-refractivity contribution in [2.75, 3.05) is 18.4 Å².